The molecule has 0 aliphatic carbocycles. The van der Waals surface area contributed by atoms with E-state index in [4.69, 9.17) is 9.26 Å². The standard InChI is InChI=1S/C19H16FNO4S/c1-12-15(21-25-19(12)13-4-6-14(20)7-5-13)11-24-18(23)9-8-16(22)17-3-2-10-26-17/h2-7,10H,8-9,11H2,1H3. The van der Waals surface area contributed by atoms with E-state index in [2.05, 4.69) is 5.16 Å². The third-order valence-corrected chi connectivity index (χ3v) is 4.76. The third-order valence-electron chi connectivity index (χ3n) is 3.85. The smallest absolute Gasteiger partial charge is 0.306 e. The molecule has 7 heteroatoms. The van der Waals surface area contributed by atoms with E-state index in [1.54, 1.807) is 31.2 Å². The van der Waals surface area contributed by atoms with Crippen LogP contribution in [0.25, 0.3) is 11.3 Å². The molecule has 0 unspecified atom stereocenters. The molecule has 5 nitrogen and oxygen atoms in total. The van der Waals surface area contributed by atoms with Gasteiger partial charge < -0.3 is 9.26 Å². The fourth-order valence-corrected chi connectivity index (χ4v) is 3.07. The van der Waals surface area contributed by atoms with Crippen molar-refractivity contribution in [3.63, 3.8) is 0 Å². The number of rotatable bonds is 7. The number of carbonyl (C=O) groups excluding carboxylic acids is 2. The van der Waals surface area contributed by atoms with E-state index in [0.717, 1.165) is 5.56 Å². The van der Waals surface area contributed by atoms with Gasteiger partial charge in [-0.25, -0.2) is 4.39 Å². The molecule has 0 saturated heterocycles. The number of hydrogen-bond donors (Lipinski definition) is 0. The molecule has 2 heterocycles. The van der Waals surface area contributed by atoms with Gasteiger partial charge in [-0.15, -0.1) is 11.3 Å². The highest BCUT2D eigenvalue weighted by atomic mass is 32.1. The molecule has 3 rings (SSSR count). The number of carbonyl (C=O) groups is 2. The molecule has 0 radical (unpaired) electrons. The van der Waals surface area contributed by atoms with Crippen molar-refractivity contribution in [2.24, 2.45) is 0 Å². The lowest BCUT2D eigenvalue weighted by molar-refractivity contribution is -0.145. The van der Waals surface area contributed by atoms with Crippen LogP contribution in [-0.2, 0) is 16.1 Å². The SMILES string of the molecule is Cc1c(COC(=O)CCC(=O)c2cccs2)noc1-c1ccc(F)cc1. The molecule has 0 saturated carbocycles. The van der Waals surface area contributed by atoms with Crippen LogP contribution in [-0.4, -0.2) is 16.9 Å². The Labute approximate surface area is 153 Å². The minimum Gasteiger partial charge on any atom is -0.459 e. The molecular formula is C19H16FNO4S. The molecule has 0 bridgehead atoms. The average molecular weight is 373 g/mol. The lowest BCUT2D eigenvalue weighted by Crippen LogP contribution is -2.08. The molecule has 1 aromatic carbocycles. The zero-order valence-corrected chi connectivity index (χ0v) is 14.8. The largest absolute Gasteiger partial charge is 0.459 e. The van der Waals surface area contributed by atoms with E-state index in [0.29, 0.717) is 21.9 Å². The van der Waals surface area contributed by atoms with Crippen LogP contribution >= 0.6 is 11.3 Å². The second kappa shape index (κ2) is 8.05. The Morgan fingerprint density at radius 2 is 1.96 bits per heavy atom. The predicted octanol–water partition coefficient (Wildman–Crippen LogP) is 4.56. The zero-order chi connectivity index (χ0) is 18.5. The van der Waals surface area contributed by atoms with Gasteiger partial charge in [-0.3, -0.25) is 9.59 Å². The Hall–Kier alpha value is -2.80. The lowest BCUT2D eigenvalue weighted by Gasteiger charge is -2.03. The van der Waals surface area contributed by atoms with Crippen molar-refractivity contribution in [3.8, 4) is 11.3 Å². The lowest BCUT2D eigenvalue weighted by atomic mass is 10.1. The Bertz CT molecular complexity index is 900. The van der Waals surface area contributed by atoms with Gasteiger partial charge in [-0.05, 0) is 42.6 Å². The van der Waals surface area contributed by atoms with Crippen LogP contribution in [0.2, 0.25) is 0 Å². The summed E-state index contributed by atoms with van der Waals surface area (Å²) in [5.41, 5.74) is 1.90. The first kappa shape index (κ1) is 18.0. The highest BCUT2D eigenvalue weighted by Crippen LogP contribution is 2.26. The number of benzene rings is 1. The monoisotopic (exact) mass is 373 g/mol. The summed E-state index contributed by atoms with van der Waals surface area (Å²) in [5, 5.41) is 5.73. The Morgan fingerprint density at radius 3 is 2.65 bits per heavy atom. The van der Waals surface area contributed by atoms with Crippen molar-refractivity contribution in [1.82, 2.24) is 5.16 Å². The molecular weight excluding hydrogens is 357 g/mol. The highest BCUT2D eigenvalue weighted by Gasteiger charge is 2.16. The van der Waals surface area contributed by atoms with Gasteiger partial charge in [0.05, 0.1) is 11.3 Å². The van der Waals surface area contributed by atoms with Crippen molar-refractivity contribution >= 4 is 23.1 Å². The fourth-order valence-electron chi connectivity index (χ4n) is 2.37. The fraction of sp³-hybridized carbons (Fsp3) is 0.211. The molecule has 0 N–H and O–H groups in total. The topological polar surface area (TPSA) is 69.4 Å². The molecule has 26 heavy (non-hydrogen) atoms. The third kappa shape index (κ3) is 4.23. The number of thiophene rings is 1. The van der Waals surface area contributed by atoms with Gasteiger partial charge in [0.25, 0.3) is 0 Å². The first-order chi connectivity index (χ1) is 12.5. The first-order valence-electron chi connectivity index (χ1n) is 7.98. The van der Waals surface area contributed by atoms with E-state index in [1.165, 1.54) is 23.5 Å². The van der Waals surface area contributed by atoms with Crippen molar-refractivity contribution in [3.05, 3.63) is 63.7 Å². The second-order valence-electron chi connectivity index (χ2n) is 5.65. The predicted molar refractivity (Wildman–Crippen MR) is 94.3 cm³/mol. The number of halogens is 1. The van der Waals surface area contributed by atoms with Gasteiger partial charge >= 0.3 is 5.97 Å². The van der Waals surface area contributed by atoms with Gasteiger partial charge in [0.1, 0.15) is 18.1 Å². The second-order valence-corrected chi connectivity index (χ2v) is 6.60. The summed E-state index contributed by atoms with van der Waals surface area (Å²) < 4.78 is 23.5. The van der Waals surface area contributed by atoms with E-state index < -0.39 is 5.97 Å². The van der Waals surface area contributed by atoms with Crippen LogP contribution in [0.15, 0.2) is 46.3 Å². The number of esters is 1. The quantitative estimate of drug-likeness (QED) is 0.449. The Morgan fingerprint density at radius 1 is 1.19 bits per heavy atom. The molecule has 0 amide bonds. The van der Waals surface area contributed by atoms with Crippen LogP contribution in [0, 0.1) is 12.7 Å². The number of nitrogens with zero attached hydrogens (tertiary/aromatic N) is 1. The zero-order valence-electron chi connectivity index (χ0n) is 14.0. The number of aromatic nitrogens is 1. The van der Waals surface area contributed by atoms with Gasteiger partial charge in [0.15, 0.2) is 11.5 Å². The maximum atomic E-state index is 13.0. The van der Waals surface area contributed by atoms with E-state index >= 15 is 0 Å². The molecule has 3 aromatic rings. The van der Waals surface area contributed by atoms with Crippen molar-refractivity contribution in [2.75, 3.05) is 0 Å². The number of ketones is 1. The highest BCUT2D eigenvalue weighted by molar-refractivity contribution is 7.12. The van der Waals surface area contributed by atoms with Gasteiger partial charge in [-0.1, -0.05) is 11.2 Å². The summed E-state index contributed by atoms with van der Waals surface area (Å²) in [5.74, 6) is -0.380. The summed E-state index contributed by atoms with van der Waals surface area (Å²) >= 11 is 1.35. The van der Waals surface area contributed by atoms with Crippen LogP contribution in [0.3, 0.4) is 0 Å². The number of ether oxygens (including phenoxy) is 1. The Kier molecular flexibility index (Phi) is 5.58. The molecule has 0 atom stereocenters. The summed E-state index contributed by atoms with van der Waals surface area (Å²) in [6.45, 7) is 1.75. The van der Waals surface area contributed by atoms with Crippen molar-refractivity contribution < 1.29 is 23.2 Å². The Balaban J connectivity index is 1.54. The van der Waals surface area contributed by atoms with Crippen LogP contribution in [0.1, 0.15) is 33.8 Å². The van der Waals surface area contributed by atoms with Crippen LogP contribution in [0.5, 0.6) is 0 Å². The number of Topliss-reactive ketones (excluding diaryl/α,β-unsaturated/α-hetero) is 1. The van der Waals surface area contributed by atoms with Crippen molar-refractivity contribution in [2.45, 2.75) is 26.4 Å². The molecule has 0 fully saturated rings. The number of hydrogen-bond acceptors (Lipinski definition) is 6. The summed E-state index contributed by atoms with van der Waals surface area (Å²) in [4.78, 5) is 24.3. The molecule has 0 spiro atoms. The molecule has 0 aliphatic rings. The van der Waals surface area contributed by atoms with Crippen LogP contribution in [0.4, 0.5) is 4.39 Å². The van der Waals surface area contributed by atoms with Crippen LogP contribution < -0.4 is 0 Å². The summed E-state index contributed by atoms with van der Waals surface area (Å²) in [7, 11) is 0. The van der Waals surface area contributed by atoms with Gasteiger partial charge in [-0.2, -0.15) is 0 Å². The van der Waals surface area contributed by atoms with E-state index in [1.807, 2.05) is 5.38 Å². The van der Waals surface area contributed by atoms with Gasteiger partial charge in [0, 0.05) is 17.5 Å². The minimum absolute atomic E-state index is 0.0124. The van der Waals surface area contributed by atoms with Gasteiger partial charge in [0.2, 0.25) is 0 Å². The van der Waals surface area contributed by atoms with Crippen molar-refractivity contribution in [1.29, 1.82) is 0 Å². The van der Waals surface area contributed by atoms with E-state index in [9.17, 15) is 14.0 Å². The normalized spacial score (nSPS) is 10.7. The molecule has 134 valence electrons. The van der Waals surface area contributed by atoms with E-state index in [-0.39, 0.29) is 31.0 Å². The molecule has 0 aliphatic heterocycles. The average Bonchev–Trinajstić information content (AvgIpc) is 3.29. The maximum absolute atomic E-state index is 13.0. The maximum Gasteiger partial charge on any atom is 0.306 e. The minimum atomic E-state index is -0.472. The first-order valence-corrected chi connectivity index (χ1v) is 8.86. The molecule has 2 aromatic heterocycles. The summed E-state index contributed by atoms with van der Waals surface area (Å²) in [6, 6.07) is 9.38. The summed E-state index contributed by atoms with van der Waals surface area (Å²) in [6.07, 6.45) is 0.121.